The Bertz CT molecular complexity index is 951. The first kappa shape index (κ1) is 14.4. The Morgan fingerprint density at radius 1 is 1.21 bits per heavy atom. The van der Waals surface area contributed by atoms with E-state index in [1.165, 1.54) is 22.1 Å². The molecule has 1 spiro atoms. The van der Waals surface area contributed by atoms with Crippen LogP contribution < -0.4 is 4.90 Å². The lowest BCUT2D eigenvalue weighted by molar-refractivity contribution is -0.0205. The topological polar surface area (TPSA) is 38.2 Å². The zero-order valence-electron chi connectivity index (χ0n) is 13.9. The minimum absolute atomic E-state index is 0.175. The van der Waals surface area contributed by atoms with Crippen molar-refractivity contribution in [1.82, 2.24) is 9.97 Å². The monoisotopic (exact) mass is 337 g/mol. The summed E-state index contributed by atoms with van der Waals surface area (Å²) >= 11 is 1.70. The molecule has 1 fully saturated rings. The van der Waals surface area contributed by atoms with Crippen LogP contribution in [0.5, 0.6) is 0 Å². The summed E-state index contributed by atoms with van der Waals surface area (Å²) in [5, 5.41) is 3.38. The van der Waals surface area contributed by atoms with Crippen LogP contribution in [0.2, 0.25) is 0 Å². The number of thiophene rings is 1. The molecule has 5 heteroatoms. The van der Waals surface area contributed by atoms with Crippen molar-refractivity contribution in [3.63, 3.8) is 0 Å². The second kappa shape index (κ2) is 5.01. The van der Waals surface area contributed by atoms with Crippen LogP contribution >= 0.6 is 11.3 Å². The van der Waals surface area contributed by atoms with E-state index in [-0.39, 0.29) is 5.60 Å². The molecular formula is C19H19N3OS. The number of benzene rings is 1. The van der Waals surface area contributed by atoms with Gasteiger partial charge in [-0.15, -0.1) is 11.3 Å². The van der Waals surface area contributed by atoms with Crippen molar-refractivity contribution >= 4 is 27.4 Å². The van der Waals surface area contributed by atoms with Gasteiger partial charge in [-0.25, -0.2) is 9.97 Å². The molecule has 1 aromatic carbocycles. The number of aryl methyl sites for hydroxylation is 2. The SMILES string of the molecule is Cc1nc(N2CCC3(C2)OCc2ccccc23)c2c(C)csc2n1. The molecule has 3 aromatic rings. The second-order valence-electron chi connectivity index (χ2n) is 6.80. The van der Waals surface area contributed by atoms with Gasteiger partial charge in [-0.2, -0.15) is 0 Å². The van der Waals surface area contributed by atoms with E-state index in [0.29, 0.717) is 0 Å². The number of anilines is 1. The Morgan fingerprint density at radius 2 is 2.08 bits per heavy atom. The standard InChI is InChI=1S/C19H19N3OS/c1-12-10-24-18-16(12)17(20-13(2)21-18)22-8-7-19(11-22)15-6-4-3-5-14(15)9-23-19/h3-6,10H,7-9,11H2,1-2H3. The summed E-state index contributed by atoms with van der Waals surface area (Å²) in [6, 6.07) is 8.62. The second-order valence-corrected chi connectivity index (χ2v) is 7.66. The van der Waals surface area contributed by atoms with Crippen molar-refractivity contribution in [2.75, 3.05) is 18.0 Å². The molecule has 5 rings (SSSR count). The van der Waals surface area contributed by atoms with E-state index in [1.54, 1.807) is 11.3 Å². The first-order valence-corrected chi connectivity index (χ1v) is 9.24. The van der Waals surface area contributed by atoms with Crippen LogP contribution in [0.3, 0.4) is 0 Å². The van der Waals surface area contributed by atoms with Crippen LogP contribution in [0, 0.1) is 13.8 Å². The van der Waals surface area contributed by atoms with Gasteiger partial charge in [-0.1, -0.05) is 24.3 Å². The molecule has 122 valence electrons. The molecule has 2 aliphatic rings. The third kappa shape index (κ3) is 1.95. The van der Waals surface area contributed by atoms with Gasteiger partial charge in [0.15, 0.2) is 0 Å². The molecule has 1 saturated heterocycles. The maximum Gasteiger partial charge on any atom is 0.141 e. The molecule has 0 N–H and O–H groups in total. The lowest BCUT2D eigenvalue weighted by Gasteiger charge is -2.25. The Labute approximate surface area is 145 Å². The molecule has 0 radical (unpaired) electrons. The first-order chi connectivity index (χ1) is 11.7. The molecule has 0 amide bonds. The van der Waals surface area contributed by atoms with E-state index in [2.05, 4.69) is 46.5 Å². The van der Waals surface area contributed by atoms with Gasteiger partial charge in [0.25, 0.3) is 0 Å². The van der Waals surface area contributed by atoms with Crippen molar-refractivity contribution in [1.29, 1.82) is 0 Å². The van der Waals surface area contributed by atoms with E-state index in [4.69, 9.17) is 9.72 Å². The van der Waals surface area contributed by atoms with Crippen LogP contribution in [0.1, 0.15) is 28.9 Å². The fourth-order valence-electron chi connectivity index (χ4n) is 4.08. The van der Waals surface area contributed by atoms with Gasteiger partial charge in [0.1, 0.15) is 22.1 Å². The number of rotatable bonds is 1. The minimum atomic E-state index is -0.175. The fourth-order valence-corrected chi connectivity index (χ4v) is 5.04. The maximum atomic E-state index is 6.30. The number of hydrogen-bond donors (Lipinski definition) is 0. The minimum Gasteiger partial charge on any atom is -0.364 e. The highest BCUT2D eigenvalue weighted by Crippen LogP contribution is 2.45. The number of fused-ring (bicyclic) bond motifs is 3. The summed E-state index contributed by atoms with van der Waals surface area (Å²) < 4.78 is 6.30. The largest absolute Gasteiger partial charge is 0.364 e. The van der Waals surface area contributed by atoms with Gasteiger partial charge in [0.05, 0.1) is 18.5 Å². The molecule has 0 saturated carbocycles. The van der Waals surface area contributed by atoms with E-state index in [9.17, 15) is 0 Å². The van der Waals surface area contributed by atoms with Crippen molar-refractivity contribution in [2.45, 2.75) is 32.5 Å². The Hall–Kier alpha value is -1.98. The van der Waals surface area contributed by atoms with Crippen molar-refractivity contribution < 1.29 is 4.74 Å². The Kier molecular flexibility index (Phi) is 3.00. The van der Waals surface area contributed by atoms with Crippen LogP contribution in [0.25, 0.3) is 10.2 Å². The molecule has 2 aliphatic heterocycles. The quantitative estimate of drug-likeness (QED) is 0.674. The summed E-state index contributed by atoms with van der Waals surface area (Å²) in [5.74, 6) is 1.91. The smallest absolute Gasteiger partial charge is 0.141 e. The Morgan fingerprint density at radius 3 is 3.00 bits per heavy atom. The summed E-state index contributed by atoms with van der Waals surface area (Å²) in [5.41, 5.74) is 3.77. The number of aromatic nitrogens is 2. The predicted octanol–water partition coefficient (Wildman–Crippen LogP) is 3.94. The van der Waals surface area contributed by atoms with Gasteiger partial charge in [-0.05, 0) is 42.3 Å². The average Bonchev–Trinajstić information content (AvgIpc) is 3.27. The van der Waals surface area contributed by atoms with E-state index < -0.39 is 0 Å². The molecule has 4 heterocycles. The summed E-state index contributed by atoms with van der Waals surface area (Å²) in [4.78, 5) is 12.9. The summed E-state index contributed by atoms with van der Waals surface area (Å²) in [7, 11) is 0. The highest BCUT2D eigenvalue weighted by Gasteiger charge is 2.46. The zero-order chi connectivity index (χ0) is 16.3. The molecule has 2 aromatic heterocycles. The first-order valence-electron chi connectivity index (χ1n) is 8.36. The van der Waals surface area contributed by atoms with Gasteiger partial charge < -0.3 is 9.64 Å². The van der Waals surface area contributed by atoms with E-state index >= 15 is 0 Å². The number of hydrogen-bond acceptors (Lipinski definition) is 5. The normalized spacial score (nSPS) is 22.7. The van der Waals surface area contributed by atoms with Gasteiger partial charge in [-0.3, -0.25) is 0 Å². The third-order valence-corrected chi connectivity index (χ3v) is 6.24. The molecule has 1 atom stereocenters. The summed E-state index contributed by atoms with van der Waals surface area (Å²) in [6.45, 7) is 6.68. The summed E-state index contributed by atoms with van der Waals surface area (Å²) in [6.07, 6.45) is 1.01. The van der Waals surface area contributed by atoms with E-state index in [1.807, 2.05) is 6.92 Å². The van der Waals surface area contributed by atoms with Crippen LogP contribution in [-0.4, -0.2) is 23.1 Å². The van der Waals surface area contributed by atoms with Crippen LogP contribution in [-0.2, 0) is 16.9 Å². The highest BCUT2D eigenvalue weighted by atomic mass is 32.1. The zero-order valence-corrected chi connectivity index (χ0v) is 14.7. The molecule has 4 nitrogen and oxygen atoms in total. The Balaban J connectivity index is 1.58. The number of ether oxygens (including phenoxy) is 1. The molecule has 0 bridgehead atoms. The molecule has 24 heavy (non-hydrogen) atoms. The van der Waals surface area contributed by atoms with Crippen LogP contribution in [0.15, 0.2) is 29.6 Å². The van der Waals surface area contributed by atoms with Crippen molar-refractivity contribution in [3.8, 4) is 0 Å². The lowest BCUT2D eigenvalue weighted by atomic mass is 9.92. The average molecular weight is 337 g/mol. The molecular weight excluding hydrogens is 318 g/mol. The maximum absolute atomic E-state index is 6.30. The van der Waals surface area contributed by atoms with E-state index in [0.717, 1.165) is 42.6 Å². The third-order valence-electron chi connectivity index (χ3n) is 5.25. The van der Waals surface area contributed by atoms with Gasteiger partial charge >= 0.3 is 0 Å². The lowest BCUT2D eigenvalue weighted by Crippen LogP contribution is -2.31. The molecule has 0 aliphatic carbocycles. The predicted molar refractivity (Wildman–Crippen MR) is 96.6 cm³/mol. The van der Waals surface area contributed by atoms with Crippen molar-refractivity contribution in [3.05, 3.63) is 52.2 Å². The highest BCUT2D eigenvalue weighted by molar-refractivity contribution is 7.17. The fraction of sp³-hybridized carbons (Fsp3) is 0.368. The number of nitrogens with zero attached hydrogens (tertiary/aromatic N) is 3. The van der Waals surface area contributed by atoms with Gasteiger partial charge in [0, 0.05) is 6.54 Å². The van der Waals surface area contributed by atoms with Gasteiger partial charge in [0.2, 0.25) is 0 Å². The molecule has 1 unspecified atom stereocenters. The van der Waals surface area contributed by atoms with Crippen LogP contribution in [0.4, 0.5) is 5.82 Å². The van der Waals surface area contributed by atoms with Crippen molar-refractivity contribution in [2.24, 2.45) is 0 Å².